The Kier molecular flexibility index (Phi) is 3.47. The number of carbonyl (C=O) groups is 1. The Balaban J connectivity index is 1.54. The van der Waals surface area contributed by atoms with E-state index in [-0.39, 0.29) is 11.3 Å². The summed E-state index contributed by atoms with van der Waals surface area (Å²) >= 11 is 0. The Hall–Kier alpha value is -2.18. The van der Waals surface area contributed by atoms with Crippen molar-refractivity contribution in [3.05, 3.63) is 29.6 Å². The van der Waals surface area contributed by atoms with Crippen molar-refractivity contribution in [1.82, 2.24) is 29.4 Å². The van der Waals surface area contributed by atoms with Crippen LogP contribution in [0.3, 0.4) is 0 Å². The summed E-state index contributed by atoms with van der Waals surface area (Å²) in [4.78, 5) is 14.8. The van der Waals surface area contributed by atoms with Gasteiger partial charge >= 0.3 is 0 Å². The van der Waals surface area contributed by atoms with Crippen LogP contribution in [0, 0.1) is 19.3 Å². The van der Waals surface area contributed by atoms with E-state index in [9.17, 15) is 4.79 Å². The molecule has 7 nitrogen and oxygen atoms in total. The van der Waals surface area contributed by atoms with Crippen LogP contribution in [0.15, 0.2) is 12.4 Å². The van der Waals surface area contributed by atoms with Crippen molar-refractivity contribution in [3.63, 3.8) is 0 Å². The van der Waals surface area contributed by atoms with E-state index in [0.29, 0.717) is 12.5 Å². The second kappa shape index (κ2) is 5.43. The van der Waals surface area contributed by atoms with E-state index in [0.717, 1.165) is 30.3 Å². The minimum Gasteiger partial charge on any atom is -0.340 e. The Bertz CT molecular complexity index is 772. The van der Waals surface area contributed by atoms with Crippen LogP contribution in [-0.4, -0.2) is 48.4 Å². The molecule has 2 fully saturated rings. The summed E-state index contributed by atoms with van der Waals surface area (Å²) in [5.74, 6) is 1.46. The third kappa shape index (κ3) is 2.34. The van der Waals surface area contributed by atoms with Gasteiger partial charge in [0.2, 0.25) is 5.91 Å². The van der Waals surface area contributed by atoms with Gasteiger partial charge < -0.3 is 9.47 Å². The quantitative estimate of drug-likeness (QED) is 0.854. The maximum absolute atomic E-state index is 12.8. The van der Waals surface area contributed by atoms with Crippen molar-refractivity contribution >= 4 is 5.91 Å². The summed E-state index contributed by atoms with van der Waals surface area (Å²) in [7, 11) is 1.99. The number of aryl methyl sites for hydroxylation is 3. The van der Waals surface area contributed by atoms with Gasteiger partial charge in [0.05, 0.1) is 5.69 Å². The average Bonchev–Trinajstić information content (AvgIpc) is 3.15. The molecule has 4 rings (SSSR count). The molecule has 0 bridgehead atoms. The van der Waals surface area contributed by atoms with Gasteiger partial charge in [0.1, 0.15) is 18.7 Å². The summed E-state index contributed by atoms with van der Waals surface area (Å²) in [5, 5.41) is 12.8. The normalized spacial score (nSPS) is 22.1. The SMILES string of the molecule is Cc1cc(C)n(CC(=O)N2CC(c3nncn3C)C3(CCC3)C2)n1. The summed E-state index contributed by atoms with van der Waals surface area (Å²) < 4.78 is 3.81. The number of aromatic nitrogens is 5. The Morgan fingerprint density at radius 1 is 1.38 bits per heavy atom. The first-order valence-electron chi connectivity index (χ1n) is 8.61. The van der Waals surface area contributed by atoms with Gasteiger partial charge in [0, 0.05) is 31.7 Å². The van der Waals surface area contributed by atoms with Crippen LogP contribution in [0.1, 0.15) is 42.4 Å². The van der Waals surface area contributed by atoms with E-state index in [4.69, 9.17) is 0 Å². The molecule has 1 spiro atoms. The molecule has 1 amide bonds. The second-order valence-electron chi connectivity index (χ2n) is 7.43. The van der Waals surface area contributed by atoms with Crippen molar-refractivity contribution < 1.29 is 4.79 Å². The zero-order valence-corrected chi connectivity index (χ0v) is 14.6. The van der Waals surface area contributed by atoms with Gasteiger partial charge in [-0.15, -0.1) is 10.2 Å². The zero-order chi connectivity index (χ0) is 16.9. The lowest BCUT2D eigenvalue weighted by molar-refractivity contribution is -0.131. The third-order valence-corrected chi connectivity index (χ3v) is 5.80. The lowest BCUT2D eigenvalue weighted by Gasteiger charge is -2.42. The van der Waals surface area contributed by atoms with Crippen LogP contribution < -0.4 is 0 Å². The molecule has 24 heavy (non-hydrogen) atoms. The Labute approximate surface area is 141 Å². The van der Waals surface area contributed by atoms with Crippen LogP contribution in [-0.2, 0) is 18.4 Å². The molecular formula is C17H24N6O. The molecule has 2 aromatic rings. The fourth-order valence-electron chi connectivity index (χ4n) is 4.32. The molecular weight excluding hydrogens is 304 g/mol. The van der Waals surface area contributed by atoms with Crippen molar-refractivity contribution in [3.8, 4) is 0 Å². The number of hydrogen-bond acceptors (Lipinski definition) is 4. The van der Waals surface area contributed by atoms with E-state index in [1.807, 2.05) is 36.4 Å². The first-order chi connectivity index (χ1) is 11.5. The number of nitrogens with zero attached hydrogens (tertiary/aromatic N) is 6. The Morgan fingerprint density at radius 2 is 2.17 bits per heavy atom. The molecule has 0 aromatic carbocycles. The maximum Gasteiger partial charge on any atom is 0.244 e. The molecule has 1 atom stereocenters. The maximum atomic E-state index is 12.8. The summed E-state index contributed by atoms with van der Waals surface area (Å²) in [6.45, 7) is 5.85. The van der Waals surface area contributed by atoms with Crippen LogP contribution >= 0.6 is 0 Å². The smallest absolute Gasteiger partial charge is 0.244 e. The monoisotopic (exact) mass is 328 g/mol. The van der Waals surface area contributed by atoms with Crippen molar-refractivity contribution in [1.29, 1.82) is 0 Å². The number of likely N-dealkylation sites (tertiary alicyclic amines) is 1. The van der Waals surface area contributed by atoms with Gasteiger partial charge in [-0.05, 0) is 38.2 Å². The highest BCUT2D eigenvalue weighted by Gasteiger charge is 2.53. The van der Waals surface area contributed by atoms with Crippen molar-refractivity contribution in [2.45, 2.75) is 45.6 Å². The first kappa shape index (κ1) is 15.4. The highest BCUT2D eigenvalue weighted by molar-refractivity contribution is 5.76. The Morgan fingerprint density at radius 3 is 2.71 bits per heavy atom. The highest BCUT2D eigenvalue weighted by atomic mass is 16.2. The number of rotatable bonds is 3. The molecule has 1 aliphatic carbocycles. The zero-order valence-electron chi connectivity index (χ0n) is 14.6. The molecule has 1 aliphatic heterocycles. The third-order valence-electron chi connectivity index (χ3n) is 5.80. The molecule has 2 aliphatic rings. The number of hydrogen-bond donors (Lipinski definition) is 0. The minimum absolute atomic E-state index is 0.150. The van der Waals surface area contributed by atoms with Crippen molar-refractivity contribution in [2.75, 3.05) is 13.1 Å². The summed E-state index contributed by atoms with van der Waals surface area (Å²) in [6.07, 6.45) is 5.35. The standard InChI is InChI=1S/C17H24N6O/c1-12-7-13(2)23(20-12)9-15(24)22-8-14(16-19-18-11-21(16)3)17(10-22)5-4-6-17/h7,11,14H,4-6,8-10H2,1-3H3. The van der Waals surface area contributed by atoms with Gasteiger partial charge in [-0.25, -0.2) is 0 Å². The van der Waals surface area contributed by atoms with Gasteiger partial charge in [0.25, 0.3) is 0 Å². The topological polar surface area (TPSA) is 68.8 Å². The molecule has 3 heterocycles. The average molecular weight is 328 g/mol. The molecule has 0 N–H and O–H groups in total. The molecule has 1 unspecified atom stereocenters. The minimum atomic E-state index is 0.150. The van der Waals surface area contributed by atoms with E-state index in [1.54, 1.807) is 11.0 Å². The predicted molar refractivity (Wildman–Crippen MR) is 88.3 cm³/mol. The molecule has 0 radical (unpaired) electrons. The lowest BCUT2D eigenvalue weighted by Crippen LogP contribution is -2.39. The van der Waals surface area contributed by atoms with Crippen molar-refractivity contribution in [2.24, 2.45) is 12.5 Å². The van der Waals surface area contributed by atoms with E-state index in [1.165, 1.54) is 19.3 Å². The van der Waals surface area contributed by atoms with Crippen LogP contribution in [0.4, 0.5) is 0 Å². The van der Waals surface area contributed by atoms with E-state index in [2.05, 4.69) is 15.3 Å². The van der Waals surface area contributed by atoms with Gasteiger partial charge in [-0.1, -0.05) is 6.42 Å². The van der Waals surface area contributed by atoms with E-state index < -0.39 is 0 Å². The fourth-order valence-corrected chi connectivity index (χ4v) is 4.32. The molecule has 1 saturated carbocycles. The largest absolute Gasteiger partial charge is 0.340 e. The van der Waals surface area contributed by atoms with E-state index >= 15 is 0 Å². The van der Waals surface area contributed by atoms with Gasteiger partial charge in [-0.2, -0.15) is 5.10 Å². The van der Waals surface area contributed by atoms with Gasteiger partial charge in [-0.3, -0.25) is 9.48 Å². The molecule has 2 aromatic heterocycles. The van der Waals surface area contributed by atoms with Gasteiger partial charge in [0.15, 0.2) is 0 Å². The number of amides is 1. The first-order valence-corrected chi connectivity index (χ1v) is 8.61. The summed E-state index contributed by atoms with van der Waals surface area (Å²) in [5.41, 5.74) is 2.18. The molecule has 7 heteroatoms. The molecule has 128 valence electrons. The predicted octanol–water partition coefficient (Wildman–Crippen LogP) is 1.42. The second-order valence-corrected chi connectivity index (χ2v) is 7.43. The fraction of sp³-hybridized carbons (Fsp3) is 0.647. The lowest BCUT2D eigenvalue weighted by atomic mass is 9.62. The highest BCUT2D eigenvalue weighted by Crippen LogP contribution is 2.55. The number of carbonyl (C=O) groups excluding carboxylic acids is 1. The van der Waals surface area contributed by atoms with Crippen LogP contribution in [0.5, 0.6) is 0 Å². The summed E-state index contributed by atoms with van der Waals surface area (Å²) in [6, 6.07) is 2.01. The van der Waals surface area contributed by atoms with Crippen LogP contribution in [0.25, 0.3) is 0 Å². The van der Waals surface area contributed by atoms with Crippen LogP contribution in [0.2, 0.25) is 0 Å². The molecule has 1 saturated heterocycles.